The van der Waals surface area contributed by atoms with Gasteiger partial charge in [0.25, 0.3) is 0 Å². The van der Waals surface area contributed by atoms with Crippen molar-refractivity contribution in [2.45, 2.75) is 25.8 Å². The molecule has 1 saturated heterocycles. The lowest BCUT2D eigenvalue weighted by atomic mass is 10.1. The second-order valence-corrected chi connectivity index (χ2v) is 4.92. The van der Waals surface area contributed by atoms with Gasteiger partial charge in [0, 0.05) is 10.6 Å². The van der Waals surface area contributed by atoms with E-state index in [1.54, 1.807) is 0 Å². The zero-order chi connectivity index (χ0) is 12.5. The van der Waals surface area contributed by atoms with E-state index < -0.39 is 0 Å². The molecule has 4 nitrogen and oxygen atoms in total. The highest BCUT2D eigenvalue weighted by Crippen LogP contribution is 2.28. The van der Waals surface area contributed by atoms with Gasteiger partial charge < -0.3 is 9.84 Å². The zero-order valence-electron chi connectivity index (χ0n) is 10.1. The van der Waals surface area contributed by atoms with Crippen molar-refractivity contribution in [2.75, 3.05) is 6.54 Å². The van der Waals surface area contributed by atoms with Crippen molar-refractivity contribution in [1.29, 1.82) is 0 Å². The number of benzene rings is 1. The average molecular weight is 264 g/mol. The number of nitrogens with one attached hydrogen (secondary N) is 1. The normalized spacial score (nSPS) is 19.3. The van der Waals surface area contributed by atoms with Gasteiger partial charge >= 0.3 is 0 Å². The third-order valence-electron chi connectivity index (χ3n) is 3.31. The van der Waals surface area contributed by atoms with Crippen molar-refractivity contribution < 1.29 is 4.52 Å². The van der Waals surface area contributed by atoms with Crippen LogP contribution in [0.15, 0.2) is 22.7 Å². The SMILES string of the molecule is Cc1c(Cl)cccc1-c1noc([C@@H]2CCCN2)n1. The monoisotopic (exact) mass is 263 g/mol. The van der Waals surface area contributed by atoms with E-state index in [-0.39, 0.29) is 6.04 Å². The Morgan fingerprint density at radius 1 is 1.44 bits per heavy atom. The third-order valence-corrected chi connectivity index (χ3v) is 3.72. The van der Waals surface area contributed by atoms with Gasteiger partial charge in [0.15, 0.2) is 0 Å². The molecule has 1 N–H and O–H groups in total. The summed E-state index contributed by atoms with van der Waals surface area (Å²) in [6, 6.07) is 5.91. The van der Waals surface area contributed by atoms with Gasteiger partial charge in [-0.15, -0.1) is 0 Å². The third kappa shape index (κ3) is 2.02. The Bertz CT molecular complexity index is 561. The van der Waals surface area contributed by atoms with Crippen LogP contribution in [0.2, 0.25) is 5.02 Å². The molecule has 0 amide bonds. The van der Waals surface area contributed by atoms with Gasteiger partial charge in [-0.2, -0.15) is 4.98 Å². The minimum Gasteiger partial charge on any atom is -0.337 e. The topological polar surface area (TPSA) is 51.0 Å². The van der Waals surface area contributed by atoms with Crippen LogP contribution in [-0.2, 0) is 0 Å². The minimum atomic E-state index is 0.200. The predicted molar refractivity (Wildman–Crippen MR) is 69.5 cm³/mol. The van der Waals surface area contributed by atoms with E-state index >= 15 is 0 Å². The molecule has 18 heavy (non-hydrogen) atoms. The Morgan fingerprint density at radius 3 is 3.11 bits per heavy atom. The van der Waals surface area contributed by atoms with Crippen molar-refractivity contribution in [3.8, 4) is 11.4 Å². The first-order valence-electron chi connectivity index (χ1n) is 6.08. The summed E-state index contributed by atoms with van der Waals surface area (Å²) in [6.07, 6.45) is 2.20. The molecule has 0 saturated carbocycles. The smallest absolute Gasteiger partial charge is 0.244 e. The van der Waals surface area contributed by atoms with Crippen LogP contribution in [0.3, 0.4) is 0 Å². The molecular weight excluding hydrogens is 250 g/mol. The number of hydrogen-bond acceptors (Lipinski definition) is 4. The Morgan fingerprint density at radius 2 is 2.33 bits per heavy atom. The van der Waals surface area contributed by atoms with Crippen LogP contribution in [-0.4, -0.2) is 16.7 Å². The van der Waals surface area contributed by atoms with Crippen LogP contribution in [0.25, 0.3) is 11.4 Å². The van der Waals surface area contributed by atoms with Gasteiger partial charge in [0.1, 0.15) is 0 Å². The van der Waals surface area contributed by atoms with Crippen molar-refractivity contribution >= 4 is 11.6 Å². The summed E-state index contributed by atoms with van der Waals surface area (Å²) in [6.45, 7) is 2.97. The Balaban J connectivity index is 1.95. The molecule has 1 aliphatic rings. The fourth-order valence-corrected chi connectivity index (χ4v) is 2.41. The summed E-state index contributed by atoms with van der Waals surface area (Å²) in [5, 5.41) is 8.11. The highest BCUT2D eigenvalue weighted by Gasteiger charge is 2.23. The van der Waals surface area contributed by atoms with E-state index in [1.165, 1.54) is 0 Å². The van der Waals surface area contributed by atoms with Gasteiger partial charge in [-0.1, -0.05) is 28.9 Å². The van der Waals surface area contributed by atoms with E-state index in [0.717, 1.165) is 35.5 Å². The van der Waals surface area contributed by atoms with Crippen LogP contribution < -0.4 is 5.32 Å². The Kier molecular flexibility index (Phi) is 3.06. The fourth-order valence-electron chi connectivity index (χ4n) is 2.23. The molecule has 0 radical (unpaired) electrons. The molecule has 2 aromatic rings. The maximum Gasteiger partial charge on any atom is 0.244 e. The van der Waals surface area contributed by atoms with E-state index in [4.69, 9.17) is 16.1 Å². The van der Waals surface area contributed by atoms with Crippen molar-refractivity contribution in [3.05, 3.63) is 34.7 Å². The summed E-state index contributed by atoms with van der Waals surface area (Å²) >= 11 is 6.10. The largest absolute Gasteiger partial charge is 0.337 e. The molecule has 2 heterocycles. The van der Waals surface area contributed by atoms with E-state index in [2.05, 4.69) is 15.5 Å². The molecule has 94 valence electrons. The first-order chi connectivity index (χ1) is 8.75. The fraction of sp³-hybridized carbons (Fsp3) is 0.385. The van der Waals surface area contributed by atoms with Gasteiger partial charge in [0.05, 0.1) is 6.04 Å². The molecule has 0 spiro atoms. The van der Waals surface area contributed by atoms with E-state index in [9.17, 15) is 0 Å². The number of nitrogens with zero attached hydrogens (tertiary/aromatic N) is 2. The summed E-state index contributed by atoms with van der Waals surface area (Å²) < 4.78 is 5.33. The standard InChI is InChI=1S/C13H14ClN3O/c1-8-9(4-2-5-10(8)14)12-16-13(18-17-12)11-6-3-7-15-11/h2,4-5,11,15H,3,6-7H2,1H3/t11-/m0/s1. The van der Waals surface area contributed by atoms with Gasteiger partial charge in [-0.05, 0) is 37.9 Å². The molecule has 0 bridgehead atoms. The lowest BCUT2D eigenvalue weighted by Crippen LogP contribution is -2.12. The number of hydrogen-bond donors (Lipinski definition) is 1. The average Bonchev–Trinajstić information content (AvgIpc) is 3.01. The minimum absolute atomic E-state index is 0.200. The summed E-state index contributed by atoms with van der Waals surface area (Å²) in [4.78, 5) is 4.47. The quantitative estimate of drug-likeness (QED) is 0.904. The van der Waals surface area contributed by atoms with E-state index in [0.29, 0.717) is 11.7 Å². The maximum atomic E-state index is 6.10. The summed E-state index contributed by atoms with van der Waals surface area (Å²) in [7, 11) is 0. The molecule has 1 aliphatic heterocycles. The van der Waals surface area contributed by atoms with Crippen LogP contribution in [0.1, 0.15) is 30.3 Å². The molecule has 0 aliphatic carbocycles. The molecule has 0 unspecified atom stereocenters. The highest BCUT2D eigenvalue weighted by atomic mass is 35.5. The number of rotatable bonds is 2. The Labute approximate surface area is 110 Å². The number of halogens is 1. The first-order valence-corrected chi connectivity index (χ1v) is 6.46. The van der Waals surface area contributed by atoms with Crippen LogP contribution in [0, 0.1) is 6.92 Å². The molecule has 1 aromatic carbocycles. The first kappa shape index (κ1) is 11.7. The molecule has 5 heteroatoms. The molecule has 1 fully saturated rings. The van der Waals surface area contributed by atoms with Crippen LogP contribution in [0.5, 0.6) is 0 Å². The number of aromatic nitrogens is 2. The van der Waals surface area contributed by atoms with Gasteiger partial charge in [-0.3, -0.25) is 0 Å². The Hall–Kier alpha value is -1.39. The maximum absolute atomic E-state index is 6.10. The highest BCUT2D eigenvalue weighted by molar-refractivity contribution is 6.31. The van der Waals surface area contributed by atoms with Crippen molar-refractivity contribution in [1.82, 2.24) is 15.5 Å². The van der Waals surface area contributed by atoms with E-state index in [1.807, 2.05) is 25.1 Å². The molecule has 1 aromatic heterocycles. The molecule has 1 atom stereocenters. The molecular formula is C13H14ClN3O. The van der Waals surface area contributed by atoms with Crippen LogP contribution >= 0.6 is 11.6 Å². The lowest BCUT2D eigenvalue weighted by molar-refractivity contribution is 0.345. The second kappa shape index (κ2) is 4.71. The lowest BCUT2D eigenvalue weighted by Gasteiger charge is -2.03. The second-order valence-electron chi connectivity index (χ2n) is 4.52. The van der Waals surface area contributed by atoms with Crippen molar-refractivity contribution in [3.63, 3.8) is 0 Å². The van der Waals surface area contributed by atoms with Crippen LogP contribution in [0.4, 0.5) is 0 Å². The predicted octanol–water partition coefficient (Wildman–Crippen LogP) is 3.12. The molecule has 3 rings (SSSR count). The van der Waals surface area contributed by atoms with Crippen molar-refractivity contribution in [2.24, 2.45) is 0 Å². The van der Waals surface area contributed by atoms with Gasteiger partial charge in [-0.25, -0.2) is 0 Å². The summed E-state index contributed by atoms with van der Waals surface area (Å²) in [5.74, 6) is 1.28. The summed E-state index contributed by atoms with van der Waals surface area (Å²) in [5.41, 5.74) is 1.90. The zero-order valence-corrected chi connectivity index (χ0v) is 10.9. The van der Waals surface area contributed by atoms with Gasteiger partial charge in [0.2, 0.25) is 11.7 Å².